The van der Waals surface area contributed by atoms with Crippen molar-refractivity contribution in [1.29, 1.82) is 0 Å². The van der Waals surface area contributed by atoms with Gasteiger partial charge in [-0.2, -0.15) is 18.3 Å². The number of nitrogens with zero attached hydrogens (tertiary/aromatic N) is 1. The minimum absolute atomic E-state index is 0.0405. The molecule has 2 rings (SSSR count). The molecule has 17 heavy (non-hydrogen) atoms. The number of halogens is 4. The second kappa shape index (κ2) is 5.08. The Morgan fingerprint density at radius 2 is 1.88 bits per heavy atom. The third kappa shape index (κ3) is 2.62. The number of hydrogen-bond acceptors (Lipinski definition) is 1. The van der Waals surface area contributed by atoms with Crippen LogP contribution in [0.2, 0.25) is 0 Å². The summed E-state index contributed by atoms with van der Waals surface area (Å²) in [4.78, 5) is 0. The van der Waals surface area contributed by atoms with Crippen molar-refractivity contribution in [3.8, 4) is 0 Å². The molecule has 94 valence electrons. The molecule has 0 fully saturated rings. The van der Waals surface area contributed by atoms with E-state index in [0.717, 1.165) is 0 Å². The number of aromatic amines is 1. The summed E-state index contributed by atoms with van der Waals surface area (Å²) in [5, 5.41) is 6.77. The van der Waals surface area contributed by atoms with E-state index in [0.29, 0.717) is 10.9 Å². The van der Waals surface area contributed by atoms with Crippen molar-refractivity contribution < 1.29 is 13.2 Å². The summed E-state index contributed by atoms with van der Waals surface area (Å²) in [5.41, 5.74) is 0.120. The number of nitrogens with one attached hydrogen (secondary N) is 1. The maximum Gasteiger partial charge on any atom is 0.417 e. The Kier molecular flexibility index (Phi) is 4.19. The lowest BCUT2D eigenvalue weighted by Gasteiger charge is -2.12. The van der Waals surface area contributed by atoms with E-state index in [9.17, 15) is 13.2 Å². The van der Waals surface area contributed by atoms with Crippen molar-refractivity contribution >= 4 is 26.8 Å². The van der Waals surface area contributed by atoms with E-state index in [4.69, 9.17) is 0 Å². The molecule has 0 spiro atoms. The van der Waals surface area contributed by atoms with Gasteiger partial charge in [0.1, 0.15) is 0 Å². The third-order valence-corrected chi connectivity index (χ3v) is 2.99. The number of hydrogen-bond donors (Lipinski definition) is 1. The van der Waals surface area contributed by atoms with Crippen molar-refractivity contribution in [1.82, 2.24) is 10.2 Å². The minimum atomic E-state index is -4.35. The van der Waals surface area contributed by atoms with Gasteiger partial charge in [0.25, 0.3) is 0 Å². The zero-order chi connectivity index (χ0) is 13.2. The SMILES string of the molecule is CC.Cc1cc2[nH]ncc2c(Br)c1C(F)(F)F. The fourth-order valence-corrected chi connectivity index (χ4v) is 2.38. The second-order valence-electron chi connectivity index (χ2n) is 3.21. The van der Waals surface area contributed by atoms with Gasteiger partial charge in [0.2, 0.25) is 0 Å². The minimum Gasteiger partial charge on any atom is -0.278 e. The summed E-state index contributed by atoms with van der Waals surface area (Å²) >= 11 is 2.97. The summed E-state index contributed by atoms with van der Waals surface area (Å²) in [6.07, 6.45) is -2.98. The van der Waals surface area contributed by atoms with E-state index in [2.05, 4.69) is 26.1 Å². The van der Waals surface area contributed by atoms with Gasteiger partial charge in [-0.25, -0.2) is 0 Å². The number of fused-ring (bicyclic) bond motifs is 1. The second-order valence-corrected chi connectivity index (χ2v) is 4.00. The zero-order valence-corrected chi connectivity index (χ0v) is 11.2. The van der Waals surface area contributed by atoms with Gasteiger partial charge >= 0.3 is 6.18 Å². The number of aromatic nitrogens is 2. The van der Waals surface area contributed by atoms with Crippen LogP contribution in [0.15, 0.2) is 16.7 Å². The van der Waals surface area contributed by atoms with E-state index in [1.807, 2.05) is 13.8 Å². The van der Waals surface area contributed by atoms with Gasteiger partial charge in [-0.05, 0) is 34.5 Å². The lowest BCUT2D eigenvalue weighted by Crippen LogP contribution is -2.08. The van der Waals surface area contributed by atoms with Crippen LogP contribution in [0, 0.1) is 6.92 Å². The van der Waals surface area contributed by atoms with E-state index in [1.54, 1.807) is 0 Å². The van der Waals surface area contributed by atoms with E-state index in [-0.39, 0.29) is 10.0 Å². The highest BCUT2D eigenvalue weighted by Gasteiger charge is 2.35. The Balaban J connectivity index is 0.000000686. The maximum absolute atomic E-state index is 12.7. The van der Waals surface area contributed by atoms with Gasteiger partial charge in [-0.3, -0.25) is 5.10 Å². The largest absolute Gasteiger partial charge is 0.417 e. The summed E-state index contributed by atoms with van der Waals surface area (Å²) in [5.74, 6) is 0. The molecule has 2 nitrogen and oxygen atoms in total. The first kappa shape index (κ1) is 14.0. The Hall–Kier alpha value is -1.04. The first-order valence-corrected chi connectivity index (χ1v) is 5.90. The standard InChI is InChI=1S/C9H6BrF3N2.C2H6/c1-4-2-6-5(3-14-15-6)8(10)7(4)9(11,12)13;1-2/h2-3H,1H3,(H,14,15);1-2H3. The number of aryl methyl sites for hydroxylation is 1. The predicted molar refractivity (Wildman–Crippen MR) is 64.9 cm³/mol. The van der Waals surface area contributed by atoms with Crippen molar-refractivity contribution in [2.45, 2.75) is 26.9 Å². The van der Waals surface area contributed by atoms with Gasteiger partial charge in [0.15, 0.2) is 0 Å². The fourth-order valence-electron chi connectivity index (χ4n) is 1.53. The average Bonchev–Trinajstić information content (AvgIpc) is 2.66. The highest BCUT2D eigenvalue weighted by atomic mass is 79.9. The van der Waals surface area contributed by atoms with Crippen molar-refractivity contribution in [3.05, 3.63) is 27.9 Å². The Morgan fingerprint density at radius 3 is 2.41 bits per heavy atom. The molecule has 2 aromatic rings. The van der Waals surface area contributed by atoms with Gasteiger partial charge in [-0.1, -0.05) is 13.8 Å². The molecular formula is C11H12BrF3N2. The molecule has 0 bridgehead atoms. The summed E-state index contributed by atoms with van der Waals surface area (Å²) < 4.78 is 38.1. The van der Waals surface area contributed by atoms with Crippen LogP contribution < -0.4 is 0 Å². The van der Waals surface area contributed by atoms with E-state index < -0.39 is 11.7 Å². The summed E-state index contributed by atoms with van der Waals surface area (Å²) in [6, 6.07) is 1.44. The van der Waals surface area contributed by atoms with Gasteiger partial charge in [0, 0.05) is 9.86 Å². The number of H-pyrrole nitrogens is 1. The van der Waals surface area contributed by atoms with Crippen LogP contribution in [-0.4, -0.2) is 10.2 Å². The molecule has 0 saturated carbocycles. The fraction of sp³-hybridized carbons (Fsp3) is 0.364. The average molecular weight is 309 g/mol. The van der Waals surface area contributed by atoms with Crippen LogP contribution in [-0.2, 0) is 6.18 Å². The smallest absolute Gasteiger partial charge is 0.278 e. The summed E-state index contributed by atoms with van der Waals surface area (Å²) in [7, 11) is 0. The van der Waals surface area contributed by atoms with Gasteiger partial charge in [0.05, 0.1) is 17.3 Å². The number of alkyl halides is 3. The Labute approximate surface area is 105 Å². The zero-order valence-electron chi connectivity index (χ0n) is 9.61. The molecule has 0 atom stereocenters. The highest BCUT2D eigenvalue weighted by molar-refractivity contribution is 9.10. The van der Waals surface area contributed by atoms with Gasteiger partial charge in [-0.15, -0.1) is 0 Å². The third-order valence-electron chi connectivity index (χ3n) is 2.16. The lowest BCUT2D eigenvalue weighted by molar-refractivity contribution is -0.138. The molecule has 6 heteroatoms. The van der Waals surface area contributed by atoms with Crippen LogP contribution in [0.1, 0.15) is 25.0 Å². The van der Waals surface area contributed by atoms with Crippen LogP contribution in [0.3, 0.4) is 0 Å². The topological polar surface area (TPSA) is 28.7 Å². The molecule has 1 heterocycles. The molecule has 0 unspecified atom stereocenters. The quantitative estimate of drug-likeness (QED) is 0.752. The Bertz CT molecular complexity index is 517. The summed E-state index contributed by atoms with van der Waals surface area (Å²) in [6.45, 7) is 5.42. The predicted octanol–water partition coefficient (Wildman–Crippen LogP) is 4.68. The first-order chi connectivity index (χ1) is 7.91. The van der Waals surface area contributed by atoms with Crippen LogP contribution in [0.25, 0.3) is 10.9 Å². The van der Waals surface area contributed by atoms with Crippen LogP contribution in [0.4, 0.5) is 13.2 Å². The lowest BCUT2D eigenvalue weighted by atomic mass is 10.1. The van der Waals surface area contributed by atoms with Crippen molar-refractivity contribution in [3.63, 3.8) is 0 Å². The molecule has 0 aliphatic rings. The Morgan fingerprint density at radius 1 is 1.29 bits per heavy atom. The molecule has 0 aliphatic heterocycles. The first-order valence-electron chi connectivity index (χ1n) is 5.10. The van der Waals surface area contributed by atoms with Crippen LogP contribution in [0.5, 0.6) is 0 Å². The normalized spacial score (nSPS) is 11.2. The van der Waals surface area contributed by atoms with E-state index in [1.165, 1.54) is 19.2 Å². The molecule has 0 amide bonds. The molecule has 0 radical (unpaired) electrons. The molecule has 1 aromatic heterocycles. The van der Waals surface area contributed by atoms with Gasteiger partial charge < -0.3 is 0 Å². The molecular weight excluding hydrogens is 297 g/mol. The molecule has 0 saturated heterocycles. The monoisotopic (exact) mass is 308 g/mol. The molecule has 1 N–H and O–H groups in total. The molecule has 1 aromatic carbocycles. The van der Waals surface area contributed by atoms with Crippen LogP contribution >= 0.6 is 15.9 Å². The van der Waals surface area contributed by atoms with Crippen molar-refractivity contribution in [2.75, 3.05) is 0 Å². The molecule has 0 aliphatic carbocycles. The number of rotatable bonds is 0. The van der Waals surface area contributed by atoms with Crippen molar-refractivity contribution in [2.24, 2.45) is 0 Å². The number of benzene rings is 1. The maximum atomic E-state index is 12.7. The van der Waals surface area contributed by atoms with E-state index >= 15 is 0 Å². The highest BCUT2D eigenvalue weighted by Crippen LogP contribution is 2.40.